The van der Waals surface area contributed by atoms with Crippen LogP contribution in [-0.2, 0) is 6.18 Å². The molecular weight excluding hydrogens is 247 g/mol. The standard InChI is InChI=1S/C10H16F3N5/c1-4-5-6(2)18(3)9-16-7(10(11,12)13)15-8(14)17-9/h6H,4-5H2,1-3H3,(H2,14,15,16,17). The maximum atomic E-state index is 12.5. The van der Waals surface area contributed by atoms with Crippen LogP contribution in [0.3, 0.4) is 0 Å². The van der Waals surface area contributed by atoms with Crippen LogP contribution in [0.5, 0.6) is 0 Å². The Balaban J connectivity index is 3.06. The number of aromatic nitrogens is 3. The van der Waals surface area contributed by atoms with Crippen molar-refractivity contribution < 1.29 is 13.2 Å². The molecule has 102 valence electrons. The van der Waals surface area contributed by atoms with Gasteiger partial charge in [-0.3, -0.25) is 0 Å². The molecule has 18 heavy (non-hydrogen) atoms. The highest BCUT2D eigenvalue weighted by molar-refractivity contribution is 5.35. The maximum Gasteiger partial charge on any atom is 0.451 e. The van der Waals surface area contributed by atoms with Crippen LogP contribution < -0.4 is 10.6 Å². The van der Waals surface area contributed by atoms with Crippen molar-refractivity contribution in [2.75, 3.05) is 17.7 Å². The van der Waals surface area contributed by atoms with Gasteiger partial charge in [0, 0.05) is 13.1 Å². The summed E-state index contributed by atoms with van der Waals surface area (Å²) in [4.78, 5) is 11.8. The molecule has 0 amide bonds. The van der Waals surface area contributed by atoms with Crippen molar-refractivity contribution in [1.29, 1.82) is 0 Å². The Morgan fingerprint density at radius 3 is 2.39 bits per heavy atom. The molecule has 2 N–H and O–H groups in total. The third-order valence-corrected chi connectivity index (χ3v) is 2.58. The third kappa shape index (κ3) is 3.44. The first-order valence-electron chi connectivity index (χ1n) is 5.57. The normalized spacial score (nSPS) is 13.4. The van der Waals surface area contributed by atoms with E-state index < -0.39 is 17.9 Å². The number of anilines is 2. The lowest BCUT2D eigenvalue weighted by Gasteiger charge is -2.24. The summed E-state index contributed by atoms with van der Waals surface area (Å²) in [5, 5.41) is 0. The van der Waals surface area contributed by atoms with Gasteiger partial charge >= 0.3 is 6.18 Å². The van der Waals surface area contributed by atoms with Gasteiger partial charge in [-0.1, -0.05) is 13.3 Å². The van der Waals surface area contributed by atoms with Crippen LogP contribution >= 0.6 is 0 Å². The number of rotatable bonds is 4. The number of hydrogen-bond acceptors (Lipinski definition) is 5. The molecule has 0 radical (unpaired) electrons. The van der Waals surface area contributed by atoms with E-state index in [1.54, 1.807) is 11.9 Å². The van der Waals surface area contributed by atoms with Crippen LogP contribution in [0, 0.1) is 0 Å². The topological polar surface area (TPSA) is 67.9 Å². The quantitative estimate of drug-likeness (QED) is 0.901. The fraction of sp³-hybridized carbons (Fsp3) is 0.700. The second-order valence-corrected chi connectivity index (χ2v) is 4.06. The molecule has 1 atom stereocenters. The second kappa shape index (κ2) is 5.36. The average molecular weight is 263 g/mol. The Morgan fingerprint density at radius 1 is 1.28 bits per heavy atom. The van der Waals surface area contributed by atoms with Crippen molar-refractivity contribution in [3.63, 3.8) is 0 Å². The summed E-state index contributed by atoms with van der Waals surface area (Å²) < 4.78 is 37.6. The van der Waals surface area contributed by atoms with E-state index in [9.17, 15) is 13.2 Å². The van der Waals surface area contributed by atoms with Crippen LogP contribution in [0.2, 0.25) is 0 Å². The second-order valence-electron chi connectivity index (χ2n) is 4.06. The van der Waals surface area contributed by atoms with Gasteiger partial charge in [-0.25, -0.2) is 0 Å². The van der Waals surface area contributed by atoms with Gasteiger partial charge in [0.2, 0.25) is 17.7 Å². The molecule has 0 aliphatic carbocycles. The molecule has 1 aromatic heterocycles. The van der Waals surface area contributed by atoms with E-state index in [0.29, 0.717) is 0 Å². The number of halogens is 3. The zero-order valence-corrected chi connectivity index (χ0v) is 10.5. The van der Waals surface area contributed by atoms with Gasteiger partial charge in [0.1, 0.15) is 0 Å². The molecule has 0 fully saturated rings. The number of hydrogen-bond donors (Lipinski definition) is 1. The SMILES string of the molecule is CCCC(C)N(C)c1nc(N)nc(C(F)(F)F)n1. The molecular formula is C10H16F3N5. The minimum atomic E-state index is -4.62. The summed E-state index contributed by atoms with van der Waals surface area (Å²) in [6.07, 6.45) is -2.89. The van der Waals surface area contributed by atoms with Crippen LogP contribution in [0.25, 0.3) is 0 Å². The highest BCUT2D eigenvalue weighted by Gasteiger charge is 2.36. The molecule has 0 aliphatic heterocycles. The van der Waals surface area contributed by atoms with Crippen molar-refractivity contribution in [1.82, 2.24) is 15.0 Å². The van der Waals surface area contributed by atoms with Crippen molar-refractivity contribution in [3.05, 3.63) is 5.82 Å². The smallest absolute Gasteiger partial charge is 0.368 e. The van der Waals surface area contributed by atoms with Gasteiger partial charge < -0.3 is 10.6 Å². The first-order chi connectivity index (χ1) is 8.25. The van der Waals surface area contributed by atoms with Crippen LogP contribution in [-0.4, -0.2) is 28.0 Å². The number of nitrogen functional groups attached to an aromatic ring is 1. The molecule has 0 aliphatic rings. The Bertz CT molecular complexity index is 407. The summed E-state index contributed by atoms with van der Waals surface area (Å²) in [5.41, 5.74) is 5.28. The summed E-state index contributed by atoms with van der Waals surface area (Å²) in [6, 6.07) is 0.0258. The minimum Gasteiger partial charge on any atom is -0.368 e. The van der Waals surface area contributed by atoms with Gasteiger partial charge in [0.05, 0.1) is 0 Å². The summed E-state index contributed by atoms with van der Waals surface area (Å²) in [6.45, 7) is 3.88. The lowest BCUT2D eigenvalue weighted by molar-refractivity contribution is -0.144. The van der Waals surface area contributed by atoms with Crippen molar-refractivity contribution in [2.45, 2.75) is 38.9 Å². The molecule has 1 aromatic rings. The summed E-state index contributed by atoms with van der Waals surface area (Å²) in [7, 11) is 1.63. The van der Waals surface area contributed by atoms with E-state index in [1.165, 1.54) is 0 Å². The third-order valence-electron chi connectivity index (χ3n) is 2.58. The van der Waals surface area contributed by atoms with E-state index in [0.717, 1.165) is 12.8 Å². The molecule has 8 heteroatoms. The van der Waals surface area contributed by atoms with Gasteiger partial charge in [-0.15, -0.1) is 0 Å². The first kappa shape index (κ1) is 14.5. The Kier molecular flexibility index (Phi) is 4.31. The van der Waals surface area contributed by atoms with Crippen molar-refractivity contribution >= 4 is 11.9 Å². The van der Waals surface area contributed by atoms with Crippen LogP contribution in [0.1, 0.15) is 32.5 Å². The lowest BCUT2D eigenvalue weighted by atomic mass is 10.2. The zero-order valence-electron chi connectivity index (χ0n) is 10.5. The molecule has 5 nitrogen and oxygen atoms in total. The van der Waals surface area contributed by atoms with Gasteiger partial charge in [-0.2, -0.15) is 28.1 Å². The van der Waals surface area contributed by atoms with Crippen molar-refractivity contribution in [2.24, 2.45) is 0 Å². The lowest BCUT2D eigenvalue weighted by Crippen LogP contribution is -2.31. The van der Waals surface area contributed by atoms with Crippen LogP contribution in [0.15, 0.2) is 0 Å². The van der Waals surface area contributed by atoms with E-state index in [2.05, 4.69) is 15.0 Å². The van der Waals surface area contributed by atoms with E-state index in [-0.39, 0.29) is 12.0 Å². The highest BCUT2D eigenvalue weighted by Crippen LogP contribution is 2.27. The molecule has 0 spiro atoms. The zero-order chi connectivity index (χ0) is 13.9. The average Bonchev–Trinajstić information content (AvgIpc) is 2.26. The highest BCUT2D eigenvalue weighted by atomic mass is 19.4. The summed E-state index contributed by atoms with van der Waals surface area (Å²) in [5.74, 6) is -1.75. The number of nitrogens with two attached hydrogens (primary N) is 1. The molecule has 0 saturated heterocycles. The monoisotopic (exact) mass is 263 g/mol. The largest absolute Gasteiger partial charge is 0.451 e. The number of nitrogens with zero attached hydrogens (tertiary/aromatic N) is 4. The molecule has 0 bridgehead atoms. The Morgan fingerprint density at radius 2 is 1.89 bits per heavy atom. The predicted molar refractivity (Wildman–Crippen MR) is 62.0 cm³/mol. The molecule has 1 unspecified atom stereocenters. The Labute approximate surface area is 103 Å². The first-order valence-corrected chi connectivity index (χ1v) is 5.57. The van der Waals surface area contributed by atoms with E-state index >= 15 is 0 Å². The van der Waals surface area contributed by atoms with Crippen molar-refractivity contribution in [3.8, 4) is 0 Å². The molecule has 1 heterocycles. The molecule has 1 rings (SSSR count). The Hall–Kier alpha value is -1.60. The fourth-order valence-electron chi connectivity index (χ4n) is 1.47. The fourth-order valence-corrected chi connectivity index (χ4v) is 1.47. The summed E-state index contributed by atoms with van der Waals surface area (Å²) >= 11 is 0. The number of alkyl halides is 3. The molecule has 0 saturated carbocycles. The van der Waals surface area contributed by atoms with Gasteiger partial charge in [-0.05, 0) is 13.3 Å². The van der Waals surface area contributed by atoms with E-state index in [4.69, 9.17) is 5.73 Å². The minimum absolute atomic E-state index is 0.0258. The van der Waals surface area contributed by atoms with Crippen LogP contribution in [0.4, 0.5) is 25.1 Å². The predicted octanol–water partition coefficient (Wildman–Crippen LogP) is 2.10. The van der Waals surface area contributed by atoms with E-state index in [1.807, 2.05) is 13.8 Å². The molecule has 0 aromatic carbocycles. The maximum absolute atomic E-state index is 12.5. The van der Waals surface area contributed by atoms with Gasteiger partial charge in [0.25, 0.3) is 0 Å². The van der Waals surface area contributed by atoms with Gasteiger partial charge in [0.15, 0.2) is 0 Å².